The highest BCUT2D eigenvalue weighted by Gasteiger charge is 2.05. The minimum absolute atomic E-state index is 0.242. The molecule has 17 heavy (non-hydrogen) atoms. The SMILES string of the molecule is Nc1ccc(NC(=O)c2ccc(=O)[nH]c2)cc1. The summed E-state index contributed by atoms with van der Waals surface area (Å²) >= 11 is 0. The Morgan fingerprint density at radius 3 is 2.41 bits per heavy atom. The van der Waals surface area contributed by atoms with Gasteiger partial charge in [0.2, 0.25) is 5.56 Å². The van der Waals surface area contributed by atoms with Crippen LogP contribution in [-0.2, 0) is 0 Å². The van der Waals surface area contributed by atoms with Crippen molar-refractivity contribution in [2.45, 2.75) is 0 Å². The molecule has 0 saturated heterocycles. The standard InChI is InChI=1S/C12H11N3O2/c13-9-2-4-10(5-3-9)15-12(17)8-1-6-11(16)14-7-8/h1-7H,13H2,(H,14,16)(H,15,17). The summed E-state index contributed by atoms with van der Waals surface area (Å²) in [5, 5.41) is 2.69. The van der Waals surface area contributed by atoms with Gasteiger partial charge in [0.05, 0.1) is 5.56 Å². The van der Waals surface area contributed by atoms with E-state index >= 15 is 0 Å². The average Bonchev–Trinajstić information content (AvgIpc) is 2.33. The van der Waals surface area contributed by atoms with Crippen molar-refractivity contribution in [2.75, 3.05) is 11.1 Å². The number of nitrogens with one attached hydrogen (secondary N) is 2. The Morgan fingerprint density at radius 2 is 1.82 bits per heavy atom. The zero-order valence-corrected chi connectivity index (χ0v) is 8.94. The summed E-state index contributed by atoms with van der Waals surface area (Å²) in [7, 11) is 0. The van der Waals surface area contributed by atoms with Crippen LogP contribution in [0.4, 0.5) is 11.4 Å². The van der Waals surface area contributed by atoms with E-state index < -0.39 is 0 Å². The lowest BCUT2D eigenvalue weighted by molar-refractivity contribution is 0.102. The average molecular weight is 229 g/mol. The maximum absolute atomic E-state index is 11.7. The molecule has 86 valence electrons. The number of aromatic nitrogens is 1. The Hall–Kier alpha value is -2.56. The van der Waals surface area contributed by atoms with Gasteiger partial charge in [-0.25, -0.2) is 0 Å². The van der Waals surface area contributed by atoms with Gasteiger partial charge in [0.1, 0.15) is 0 Å². The molecule has 1 heterocycles. The van der Waals surface area contributed by atoms with Crippen LogP contribution >= 0.6 is 0 Å². The molecule has 0 saturated carbocycles. The number of carbonyl (C=O) groups is 1. The van der Waals surface area contributed by atoms with E-state index in [1.165, 1.54) is 18.3 Å². The zero-order valence-electron chi connectivity index (χ0n) is 8.94. The van der Waals surface area contributed by atoms with Gasteiger partial charge in [0.25, 0.3) is 5.91 Å². The number of hydrogen-bond acceptors (Lipinski definition) is 3. The third-order valence-corrected chi connectivity index (χ3v) is 2.21. The van der Waals surface area contributed by atoms with Gasteiger partial charge in [-0.2, -0.15) is 0 Å². The highest BCUT2D eigenvalue weighted by molar-refractivity contribution is 6.04. The van der Waals surface area contributed by atoms with Crippen LogP contribution in [0.1, 0.15) is 10.4 Å². The lowest BCUT2D eigenvalue weighted by Gasteiger charge is -2.04. The quantitative estimate of drug-likeness (QED) is 0.676. The first-order chi connectivity index (χ1) is 8.15. The van der Waals surface area contributed by atoms with Crippen LogP contribution in [-0.4, -0.2) is 10.9 Å². The Bertz CT molecular complexity index is 567. The molecule has 2 rings (SSSR count). The van der Waals surface area contributed by atoms with Crippen molar-refractivity contribution in [3.05, 3.63) is 58.5 Å². The summed E-state index contributed by atoms with van der Waals surface area (Å²) in [4.78, 5) is 25.0. The van der Waals surface area contributed by atoms with Crippen LogP contribution in [0.5, 0.6) is 0 Å². The second-order valence-electron chi connectivity index (χ2n) is 3.52. The third kappa shape index (κ3) is 2.72. The molecule has 1 amide bonds. The molecule has 4 N–H and O–H groups in total. The molecule has 1 aromatic heterocycles. The molecule has 0 fully saturated rings. The van der Waals surface area contributed by atoms with Crippen molar-refractivity contribution in [3.8, 4) is 0 Å². The van der Waals surface area contributed by atoms with Crippen molar-refractivity contribution in [1.29, 1.82) is 0 Å². The number of nitrogen functional groups attached to an aromatic ring is 1. The Balaban J connectivity index is 2.14. The van der Waals surface area contributed by atoms with Crippen molar-refractivity contribution in [2.24, 2.45) is 0 Å². The second kappa shape index (κ2) is 4.52. The summed E-state index contributed by atoms with van der Waals surface area (Å²) in [6.45, 7) is 0. The van der Waals surface area contributed by atoms with Gasteiger partial charge in [-0.15, -0.1) is 0 Å². The van der Waals surface area contributed by atoms with Crippen LogP contribution in [0.2, 0.25) is 0 Å². The molecule has 0 aliphatic rings. The Kier molecular flexibility index (Phi) is 2.91. The number of nitrogens with two attached hydrogens (primary N) is 1. The van der Waals surface area contributed by atoms with E-state index in [0.29, 0.717) is 16.9 Å². The van der Waals surface area contributed by atoms with Crippen LogP contribution in [0.15, 0.2) is 47.4 Å². The first-order valence-electron chi connectivity index (χ1n) is 5.01. The van der Waals surface area contributed by atoms with Gasteiger partial charge >= 0.3 is 0 Å². The fourth-order valence-electron chi connectivity index (χ4n) is 1.32. The maximum Gasteiger partial charge on any atom is 0.257 e. The molecule has 0 aliphatic carbocycles. The fraction of sp³-hybridized carbons (Fsp3) is 0. The fourth-order valence-corrected chi connectivity index (χ4v) is 1.32. The van der Waals surface area contributed by atoms with Crippen molar-refractivity contribution < 1.29 is 4.79 Å². The predicted octanol–water partition coefficient (Wildman–Crippen LogP) is 1.21. The molecule has 0 spiro atoms. The van der Waals surface area contributed by atoms with Crippen LogP contribution in [0.3, 0.4) is 0 Å². The smallest absolute Gasteiger partial charge is 0.257 e. The minimum Gasteiger partial charge on any atom is -0.399 e. The molecule has 5 heteroatoms. The number of aromatic amines is 1. The second-order valence-corrected chi connectivity index (χ2v) is 3.52. The first-order valence-corrected chi connectivity index (χ1v) is 5.01. The van der Waals surface area contributed by atoms with E-state index in [1.54, 1.807) is 24.3 Å². The van der Waals surface area contributed by atoms with E-state index in [1.807, 2.05) is 0 Å². The summed E-state index contributed by atoms with van der Waals surface area (Å²) in [5.74, 6) is -0.286. The van der Waals surface area contributed by atoms with Crippen LogP contribution in [0.25, 0.3) is 0 Å². The number of anilines is 2. The van der Waals surface area contributed by atoms with E-state index in [4.69, 9.17) is 5.73 Å². The van der Waals surface area contributed by atoms with Crippen molar-refractivity contribution in [1.82, 2.24) is 4.98 Å². The minimum atomic E-state index is -0.286. The van der Waals surface area contributed by atoms with Crippen molar-refractivity contribution >= 4 is 17.3 Å². The molecule has 2 aromatic rings. The lowest BCUT2D eigenvalue weighted by Crippen LogP contribution is -2.14. The topological polar surface area (TPSA) is 88.0 Å². The highest BCUT2D eigenvalue weighted by Crippen LogP contribution is 2.11. The van der Waals surface area contributed by atoms with Crippen molar-refractivity contribution in [3.63, 3.8) is 0 Å². The number of benzene rings is 1. The van der Waals surface area contributed by atoms with E-state index in [9.17, 15) is 9.59 Å². The summed E-state index contributed by atoms with van der Waals surface area (Å²) < 4.78 is 0. The largest absolute Gasteiger partial charge is 0.399 e. The lowest BCUT2D eigenvalue weighted by atomic mass is 10.2. The van der Waals surface area contributed by atoms with Gasteiger partial charge in [0.15, 0.2) is 0 Å². The molecule has 0 unspecified atom stereocenters. The normalized spacial score (nSPS) is 9.88. The number of H-pyrrole nitrogens is 1. The Morgan fingerprint density at radius 1 is 1.12 bits per heavy atom. The Labute approximate surface area is 97.3 Å². The first kappa shape index (κ1) is 10.9. The summed E-state index contributed by atoms with van der Waals surface area (Å²) in [6.07, 6.45) is 1.37. The number of amides is 1. The predicted molar refractivity (Wildman–Crippen MR) is 65.9 cm³/mol. The maximum atomic E-state index is 11.7. The highest BCUT2D eigenvalue weighted by atomic mass is 16.1. The zero-order chi connectivity index (χ0) is 12.3. The van der Waals surface area contributed by atoms with Crippen LogP contribution < -0.4 is 16.6 Å². The monoisotopic (exact) mass is 229 g/mol. The third-order valence-electron chi connectivity index (χ3n) is 2.21. The molecule has 0 radical (unpaired) electrons. The van der Waals surface area contributed by atoms with Crippen LogP contribution in [0, 0.1) is 0 Å². The van der Waals surface area contributed by atoms with Gasteiger partial charge < -0.3 is 16.0 Å². The number of carbonyl (C=O) groups excluding carboxylic acids is 1. The molecule has 5 nitrogen and oxygen atoms in total. The molecule has 0 aliphatic heterocycles. The molecular weight excluding hydrogens is 218 g/mol. The van der Waals surface area contributed by atoms with Gasteiger partial charge in [-0.1, -0.05) is 0 Å². The number of pyridine rings is 1. The molecule has 0 atom stereocenters. The van der Waals surface area contributed by atoms with E-state index in [-0.39, 0.29) is 11.5 Å². The van der Waals surface area contributed by atoms with E-state index in [0.717, 1.165) is 0 Å². The van der Waals surface area contributed by atoms with Gasteiger partial charge in [-0.05, 0) is 30.3 Å². The van der Waals surface area contributed by atoms with Gasteiger partial charge in [-0.3, -0.25) is 9.59 Å². The molecule has 1 aromatic carbocycles. The van der Waals surface area contributed by atoms with Gasteiger partial charge in [0, 0.05) is 23.6 Å². The molecular formula is C12H11N3O2. The summed E-state index contributed by atoms with van der Waals surface area (Å²) in [5.41, 5.74) is 6.96. The van der Waals surface area contributed by atoms with E-state index in [2.05, 4.69) is 10.3 Å². The number of rotatable bonds is 2. The number of hydrogen-bond donors (Lipinski definition) is 3. The summed E-state index contributed by atoms with van der Waals surface area (Å²) in [6, 6.07) is 9.58. The molecule has 0 bridgehead atoms.